The van der Waals surface area contributed by atoms with Gasteiger partial charge in [-0.05, 0) is 23.6 Å². The first-order valence-corrected chi connectivity index (χ1v) is 6.03. The molecule has 2 aromatic rings. The molecular formula is C14H16N2O3. The maximum Gasteiger partial charge on any atom is 0.270 e. The van der Waals surface area contributed by atoms with Gasteiger partial charge in [0.15, 0.2) is 0 Å². The lowest BCUT2D eigenvalue weighted by Crippen LogP contribution is -2.19. The predicted octanol–water partition coefficient (Wildman–Crippen LogP) is 1.86. The smallest absolute Gasteiger partial charge is 0.270 e. The fraction of sp³-hybridized carbons (Fsp3) is 0.286. The van der Waals surface area contributed by atoms with E-state index in [1.165, 1.54) is 13.2 Å². The van der Waals surface area contributed by atoms with E-state index < -0.39 is 0 Å². The van der Waals surface area contributed by atoms with E-state index >= 15 is 0 Å². The number of aromatic amines is 2. The number of ether oxygens (including phenoxy) is 1. The Kier molecular flexibility index (Phi) is 3.55. The van der Waals surface area contributed by atoms with Gasteiger partial charge in [-0.15, -0.1) is 0 Å². The molecule has 1 aromatic heterocycles. The van der Waals surface area contributed by atoms with Crippen LogP contribution < -0.4 is 15.9 Å². The van der Waals surface area contributed by atoms with Gasteiger partial charge in [-0.25, -0.2) is 0 Å². The third-order valence-corrected chi connectivity index (χ3v) is 3.00. The van der Waals surface area contributed by atoms with Crippen molar-refractivity contribution in [3.8, 4) is 16.9 Å². The zero-order chi connectivity index (χ0) is 14.0. The quantitative estimate of drug-likeness (QED) is 0.884. The highest BCUT2D eigenvalue weighted by atomic mass is 16.5. The summed E-state index contributed by atoms with van der Waals surface area (Å²) < 4.78 is 5.26. The monoisotopic (exact) mass is 260 g/mol. The number of hydrogen-bond acceptors (Lipinski definition) is 3. The third kappa shape index (κ3) is 2.59. The summed E-state index contributed by atoms with van der Waals surface area (Å²) >= 11 is 0. The third-order valence-electron chi connectivity index (χ3n) is 3.00. The van der Waals surface area contributed by atoms with Crippen LogP contribution >= 0.6 is 0 Å². The molecule has 5 nitrogen and oxygen atoms in total. The van der Waals surface area contributed by atoms with Gasteiger partial charge in [0, 0.05) is 11.6 Å². The van der Waals surface area contributed by atoms with Crippen LogP contribution in [0.5, 0.6) is 5.75 Å². The topological polar surface area (TPSA) is 75.0 Å². The summed E-state index contributed by atoms with van der Waals surface area (Å²) in [5, 5.41) is 4.57. The Labute approximate surface area is 110 Å². The molecule has 0 fully saturated rings. The molecular weight excluding hydrogens is 244 g/mol. The Balaban J connectivity index is 2.72. The first-order valence-electron chi connectivity index (χ1n) is 6.03. The normalized spacial score (nSPS) is 10.7. The summed E-state index contributed by atoms with van der Waals surface area (Å²) in [5.41, 5.74) is 1.31. The molecule has 0 radical (unpaired) electrons. The second-order valence-corrected chi connectivity index (χ2v) is 4.62. The van der Waals surface area contributed by atoms with Gasteiger partial charge in [0.25, 0.3) is 11.1 Å². The second kappa shape index (κ2) is 5.14. The number of H-pyrrole nitrogens is 2. The molecule has 0 saturated carbocycles. The van der Waals surface area contributed by atoms with Crippen LogP contribution in [0.25, 0.3) is 11.1 Å². The van der Waals surface area contributed by atoms with Gasteiger partial charge in [0.1, 0.15) is 5.75 Å². The number of aromatic nitrogens is 2. The van der Waals surface area contributed by atoms with E-state index in [1.807, 2.05) is 18.2 Å². The van der Waals surface area contributed by atoms with Crippen molar-refractivity contribution in [3.05, 3.63) is 50.5 Å². The Morgan fingerprint density at radius 2 is 1.79 bits per heavy atom. The van der Waals surface area contributed by atoms with Crippen LogP contribution in [0.1, 0.15) is 25.3 Å². The highest BCUT2D eigenvalue weighted by Gasteiger charge is 2.12. The molecule has 100 valence electrons. The minimum absolute atomic E-state index is 0.308. The van der Waals surface area contributed by atoms with Gasteiger partial charge >= 0.3 is 0 Å². The number of methoxy groups -OCH3 is 1. The van der Waals surface area contributed by atoms with Crippen molar-refractivity contribution in [2.24, 2.45) is 0 Å². The number of nitrogens with one attached hydrogen (secondary N) is 2. The molecule has 0 saturated heterocycles. The minimum Gasteiger partial charge on any atom is -0.496 e. The molecule has 0 unspecified atom stereocenters. The predicted molar refractivity (Wildman–Crippen MR) is 73.8 cm³/mol. The zero-order valence-corrected chi connectivity index (χ0v) is 11.1. The van der Waals surface area contributed by atoms with Crippen LogP contribution in [0.15, 0.2) is 33.9 Å². The SMILES string of the molecule is COc1ccc(C(C)C)cc1-c1cc(=O)[nH][nH]c1=O. The average Bonchev–Trinajstić information content (AvgIpc) is 2.40. The Morgan fingerprint density at radius 3 is 2.42 bits per heavy atom. The van der Waals surface area contributed by atoms with Crippen LogP contribution in [0, 0.1) is 0 Å². The molecule has 0 aliphatic rings. The first-order chi connectivity index (χ1) is 9.02. The molecule has 0 amide bonds. The van der Waals surface area contributed by atoms with Crippen molar-refractivity contribution in [1.82, 2.24) is 10.2 Å². The van der Waals surface area contributed by atoms with Crippen molar-refractivity contribution in [3.63, 3.8) is 0 Å². The number of hydrogen-bond donors (Lipinski definition) is 2. The van der Waals surface area contributed by atoms with Crippen LogP contribution in [0.2, 0.25) is 0 Å². The van der Waals surface area contributed by atoms with Gasteiger partial charge in [-0.2, -0.15) is 0 Å². The summed E-state index contributed by atoms with van der Waals surface area (Å²) in [5.74, 6) is 0.895. The molecule has 0 atom stereocenters. The lowest BCUT2D eigenvalue weighted by atomic mass is 9.97. The summed E-state index contributed by atoms with van der Waals surface area (Å²) in [4.78, 5) is 23.2. The highest BCUT2D eigenvalue weighted by Crippen LogP contribution is 2.30. The summed E-state index contributed by atoms with van der Waals surface area (Å²) in [6, 6.07) is 6.92. The molecule has 1 heterocycles. The lowest BCUT2D eigenvalue weighted by molar-refractivity contribution is 0.416. The molecule has 2 rings (SSSR count). The summed E-state index contributed by atoms with van der Waals surface area (Å²) in [6.07, 6.45) is 0. The first kappa shape index (κ1) is 13.1. The Morgan fingerprint density at radius 1 is 1.05 bits per heavy atom. The molecule has 2 N–H and O–H groups in total. The Hall–Kier alpha value is -2.30. The number of benzene rings is 1. The van der Waals surface area contributed by atoms with E-state index in [4.69, 9.17) is 4.74 Å². The van der Waals surface area contributed by atoms with E-state index in [9.17, 15) is 9.59 Å². The van der Waals surface area contributed by atoms with Crippen molar-refractivity contribution in [2.75, 3.05) is 7.11 Å². The molecule has 0 spiro atoms. The molecule has 5 heteroatoms. The van der Waals surface area contributed by atoms with E-state index in [0.29, 0.717) is 22.8 Å². The van der Waals surface area contributed by atoms with Gasteiger partial charge in [-0.3, -0.25) is 19.8 Å². The maximum absolute atomic E-state index is 11.8. The molecule has 0 bridgehead atoms. The summed E-state index contributed by atoms with van der Waals surface area (Å²) in [6.45, 7) is 4.13. The van der Waals surface area contributed by atoms with E-state index in [0.717, 1.165) is 5.56 Å². The van der Waals surface area contributed by atoms with E-state index in [-0.39, 0.29) is 11.1 Å². The Bertz CT molecular complexity index is 698. The van der Waals surface area contributed by atoms with Crippen LogP contribution in [0.4, 0.5) is 0 Å². The summed E-state index contributed by atoms with van der Waals surface area (Å²) in [7, 11) is 1.54. The fourth-order valence-electron chi connectivity index (χ4n) is 1.91. The maximum atomic E-state index is 11.8. The van der Waals surface area contributed by atoms with Gasteiger partial charge in [-0.1, -0.05) is 19.9 Å². The molecule has 0 aliphatic heterocycles. The van der Waals surface area contributed by atoms with E-state index in [2.05, 4.69) is 24.0 Å². The van der Waals surface area contributed by atoms with Crippen molar-refractivity contribution in [2.45, 2.75) is 19.8 Å². The minimum atomic E-state index is -0.355. The number of rotatable bonds is 3. The van der Waals surface area contributed by atoms with Gasteiger partial charge < -0.3 is 4.74 Å². The standard InChI is InChI=1S/C14H16N2O3/c1-8(2)9-4-5-12(19-3)10(6-9)11-7-13(17)15-16-14(11)18/h4-8H,1-3H3,(H,15,17)(H,16,18). The van der Waals surface area contributed by atoms with Crippen LogP contribution in [-0.2, 0) is 0 Å². The average molecular weight is 260 g/mol. The van der Waals surface area contributed by atoms with Crippen molar-refractivity contribution >= 4 is 0 Å². The van der Waals surface area contributed by atoms with Crippen molar-refractivity contribution < 1.29 is 4.74 Å². The van der Waals surface area contributed by atoms with Gasteiger partial charge in [0.2, 0.25) is 0 Å². The van der Waals surface area contributed by atoms with Crippen LogP contribution in [0.3, 0.4) is 0 Å². The molecule has 0 aliphatic carbocycles. The molecule has 19 heavy (non-hydrogen) atoms. The fourth-order valence-corrected chi connectivity index (χ4v) is 1.91. The van der Waals surface area contributed by atoms with Crippen molar-refractivity contribution in [1.29, 1.82) is 0 Å². The largest absolute Gasteiger partial charge is 0.496 e. The molecule has 1 aromatic carbocycles. The van der Waals surface area contributed by atoms with E-state index in [1.54, 1.807) is 0 Å². The zero-order valence-electron chi connectivity index (χ0n) is 11.1. The highest BCUT2D eigenvalue weighted by molar-refractivity contribution is 5.70. The van der Waals surface area contributed by atoms with Gasteiger partial charge in [0.05, 0.1) is 12.7 Å². The lowest BCUT2D eigenvalue weighted by Gasteiger charge is -2.12. The van der Waals surface area contributed by atoms with Crippen LogP contribution in [-0.4, -0.2) is 17.3 Å². The second-order valence-electron chi connectivity index (χ2n) is 4.62.